The molecule has 2 atom stereocenters. The van der Waals surface area contributed by atoms with Crippen LogP contribution in [-0.2, 0) is 4.74 Å². The second-order valence-electron chi connectivity index (χ2n) is 4.40. The molecule has 1 N–H and O–H groups in total. The molecular formula is C13H14FN3O. The third-order valence-corrected chi connectivity index (χ3v) is 3.11. The summed E-state index contributed by atoms with van der Waals surface area (Å²) in [6.07, 6.45) is 3.15. The predicted octanol–water partition coefficient (Wildman–Crippen LogP) is 2.17. The number of halogens is 1. The highest BCUT2D eigenvalue weighted by Gasteiger charge is 2.25. The van der Waals surface area contributed by atoms with Crippen LogP contribution in [0.25, 0.3) is 10.9 Å². The maximum absolute atomic E-state index is 13.6. The minimum atomic E-state index is -0.986. The van der Waals surface area contributed by atoms with Gasteiger partial charge >= 0.3 is 0 Å². The standard InChI is InChI=1S/C13H14FN3O/c14-10-8-18-5-3-11(10)17-13-6-12-9(7-16-13)2-1-4-15-12/h1-2,4,6-7,10-11H,3,5,8H2,(H,16,17)/t10-,11+/m1/s1. The predicted molar refractivity (Wildman–Crippen MR) is 67.3 cm³/mol. The minimum absolute atomic E-state index is 0.156. The lowest BCUT2D eigenvalue weighted by Gasteiger charge is -2.27. The van der Waals surface area contributed by atoms with Crippen molar-refractivity contribution in [2.45, 2.75) is 18.6 Å². The molecule has 2 aromatic rings. The first-order chi connectivity index (χ1) is 8.83. The third-order valence-electron chi connectivity index (χ3n) is 3.11. The SMILES string of the molecule is F[C@@H]1COCC[C@@H]1Nc1cc2ncccc2cn1. The van der Waals surface area contributed by atoms with E-state index < -0.39 is 6.17 Å². The fourth-order valence-electron chi connectivity index (χ4n) is 2.10. The monoisotopic (exact) mass is 247 g/mol. The average Bonchev–Trinajstić information content (AvgIpc) is 2.41. The molecule has 5 heteroatoms. The first kappa shape index (κ1) is 11.3. The van der Waals surface area contributed by atoms with Gasteiger partial charge in [0.1, 0.15) is 12.0 Å². The number of rotatable bonds is 2. The lowest BCUT2D eigenvalue weighted by Crippen LogP contribution is -2.39. The van der Waals surface area contributed by atoms with Crippen LogP contribution in [-0.4, -0.2) is 35.4 Å². The Bertz CT molecular complexity index is 549. The van der Waals surface area contributed by atoms with Gasteiger partial charge in [0.2, 0.25) is 0 Å². The van der Waals surface area contributed by atoms with Crippen LogP contribution < -0.4 is 5.32 Å². The molecule has 0 aromatic carbocycles. The summed E-state index contributed by atoms with van der Waals surface area (Å²) in [5, 5.41) is 4.10. The van der Waals surface area contributed by atoms with Crippen molar-refractivity contribution in [1.82, 2.24) is 9.97 Å². The number of nitrogens with zero attached hydrogens (tertiary/aromatic N) is 2. The number of pyridine rings is 2. The van der Waals surface area contributed by atoms with E-state index in [9.17, 15) is 4.39 Å². The van der Waals surface area contributed by atoms with E-state index in [1.165, 1.54) is 0 Å². The maximum Gasteiger partial charge on any atom is 0.143 e. The van der Waals surface area contributed by atoms with E-state index >= 15 is 0 Å². The zero-order valence-electron chi connectivity index (χ0n) is 9.84. The van der Waals surface area contributed by atoms with E-state index in [0.29, 0.717) is 18.8 Å². The van der Waals surface area contributed by atoms with Gasteiger partial charge < -0.3 is 10.1 Å². The summed E-state index contributed by atoms with van der Waals surface area (Å²) in [4.78, 5) is 8.53. The van der Waals surface area contributed by atoms with Crippen molar-refractivity contribution in [2.75, 3.05) is 18.5 Å². The smallest absolute Gasteiger partial charge is 0.143 e. The highest BCUT2D eigenvalue weighted by Crippen LogP contribution is 2.18. The first-order valence-corrected chi connectivity index (χ1v) is 6.02. The van der Waals surface area contributed by atoms with Crippen LogP contribution in [0.5, 0.6) is 0 Å². The highest BCUT2D eigenvalue weighted by atomic mass is 19.1. The van der Waals surface area contributed by atoms with Gasteiger partial charge in [-0.05, 0) is 18.6 Å². The van der Waals surface area contributed by atoms with Crippen molar-refractivity contribution in [3.8, 4) is 0 Å². The number of hydrogen-bond acceptors (Lipinski definition) is 4. The molecule has 0 amide bonds. The molecule has 0 unspecified atom stereocenters. The van der Waals surface area contributed by atoms with Gasteiger partial charge in [0.25, 0.3) is 0 Å². The number of nitrogens with one attached hydrogen (secondary N) is 1. The molecule has 1 fully saturated rings. The largest absolute Gasteiger partial charge is 0.378 e. The van der Waals surface area contributed by atoms with Gasteiger partial charge in [-0.1, -0.05) is 0 Å². The maximum atomic E-state index is 13.6. The Balaban J connectivity index is 1.81. The first-order valence-electron chi connectivity index (χ1n) is 6.02. The van der Waals surface area contributed by atoms with Gasteiger partial charge in [-0.2, -0.15) is 0 Å². The van der Waals surface area contributed by atoms with E-state index in [1.807, 2.05) is 18.2 Å². The number of hydrogen-bond donors (Lipinski definition) is 1. The van der Waals surface area contributed by atoms with Crippen molar-refractivity contribution in [2.24, 2.45) is 0 Å². The summed E-state index contributed by atoms with van der Waals surface area (Å²) in [5.41, 5.74) is 0.859. The Morgan fingerprint density at radius 2 is 2.33 bits per heavy atom. The van der Waals surface area contributed by atoms with Crippen molar-refractivity contribution >= 4 is 16.7 Å². The van der Waals surface area contributed by atoms with E-state index in [4.69, 9.17) is 4.74 Å². The number of fused-ring (bicyclic) bond motifs is 1. The summed E-state index contributed by atoms with van der Waals surface area (Å²) in [6.45, 7) is 0.743. The van der Waals surface area contributed by atoms with Gasteiger partial charge in [0.15, 0.2) is 0 Å². The molecule has 3 heterocycles. The molecule has 18 heavy (non-hydrogen) atoms. The summed E-state index contributed by atoms with van der Waals surface area (Å²) in [6, 6.07) is 5.43. The van der Waals surface area contributed by atoms with E-state index in [2.05, 4.69) is 15.3 Å². The van der Waals surface area contributed by atoms with Crippen LogP contribution >= 0.6 is 0 Å². The van der Waals surface area contributed by atoms with Crippen LogP contribution in [0, 0.1) is 0 Å². The number of aromatic nitrogens is 2. The lowest BCUT2D eigenvalue weighted by molar-refractivity contribution is 0.0285. The molecule has 0 bridgehead atoms. The van der Waals surface area contributed by atoms with Crippen LogP contribution in [0.3, 0.4) is 0 Å². The van der Waals surface area contributed by atoms with E-state index in [-0.39, 0.29) is 12.6 Å². The Morgan fingerprint density at radius 1 is 1.39 bits per heavy atom. The molecule has 1 saturated heterocycles. The quantitative estimate of drug-likeness (QED) is 0.883. The molecule has 0 spiro atoms. The Labute approximate surface area is 104 Å². The second-order valence-corrected chi connectivity index (χ2v) is 4.40. The number of ether oxygens (including phenoxy) is 1. The molecule has 2 aromatic heterocycles. The van der Waals surface area contributed by atoms with Gasteiger partial charge in [0, 0.05) is 30.5 Å². The summed E-state index contributed by atoms with van der Waals surface area (Å²) in [7, 11) is 0. The van der Waals surface area contributed by atoms with Crippen molar-refractivity contribution < 1.29 is 9.13 Å². The summed E-state index contributed by atoms with van der Waals surface area (Å²) in [5.74, 6) is 0.663. The fraction of sp³-hybridized carbons (Fsp3) is 0.385. The molecule has 0 saturated carbocycles. The molecule has 0 aliphatic carbocycles. The summed E-state index contributed by atoms with van der Waals surface area (Å²) < 4.78 is 18.7. The van der Waals surface area contributed by atoms with Crippen molar-refractivity contribution in [3.63, 3.8) is 0 Å². The molecular weight excluding hydrogens is 233 g/mol. The Kier molecular flexibility index (Phi) is 3.06. The third kappa shape index (κ3) is 2.26. The van der Waals surface area contributed by atoms with Crippen LogP contribution in [0.2, 0.25) is 0 Å². The lowest BCUT2D eigenvalue weighted by atomic mass is 10.1. The van der Waals surface area contributed by atoms with Crippen molar-refractivity contribution in [1.29, 1.82) is 0 Å². The van der Waals surface area contributed by atoms with Crippen LogP contribution in [0.1, 0.15) is 6.42 Å². The van der Waals surface area contributed by atoms with Gasteiger partial charge in [-0.3, -0.25) is 4.98 Å². The fourth-order valence-corrected chi connectivity index (χ4v) is 2.10. The number of alkyl halides is 1. The minimum Gasteiger partial charge on any atom is -0.378 e. The molecule has 1 aliphatic heterocycles. The molecule has 94 valence electrons. The Morgan fingerprint density at radius 3 is 3.22 bits per heavy atom. The van der Waals surface area contributed by atoms with Gasteiger partial charge in [-0.15, -0.1) is 0 Å². The average molecular weight is 247 g/mol. The van der Waals surface area contributed by atoms with Crippen LogP contribution in [0.15, 0.2) is 30.6 Å². The molecule has 0 radical (unpaired) electrons. The van der Waals surface area contributed by atoms with E-state index in [1.54, 1.807) is 12.4 Å². The van der Waals surface area contributed by atoms with Gasteiger partial charge in [0.05, 0.1) is 18.2 Å². The van der Waals surface area contributed by atoms with E-state index in [0.717, 1.165) is 10.9 Å². The van der Waals surface area contributed by atoms with Gasteiger partial charge in [-0.25, -0.2) is 9.37 Å². The molecule has 3 rings (SSSR count). The molecule has 4 nitrogen and oxygen atoms in total. The topological polar surface area (TPSA) is 47.0 Å². The second kappa shape index (κ2) is 4.86. The van der Waals surface area contributed by atoms with Crippen LogP contribution in [0.4, 0.5) is 10.2 Å². The Hall–Kier alpha value is -1.75. The molecule has 1 aliphatic rings. The normalized spacial score (nSPS) is 24.1. The zero-order chi connectivity index (χ0) is 12.4. The highest BCUT2D eigenvalue weighted by molar-refractivity contribution is 5.79. The van der Waals surface area contributed by atoms with Crippen molar-refractivity contribution in [3.05, 3.63) is 30.6 Å². The number of anilines is 1. The summed E-state index contributed by atoms with van der Waals surface area (Å²) >= 11 is 0. The zero-order valence-corrected chi connectivity index (χ0v) is 9.84.